The molecule has 1 aromatic heterocycles. The van der Waals surface area contributed by atoms with Gasteiger partial charge in [0.15, 0.2) is 11.5 Å². The van der Waals surface area contributed by atoms with Crippen molar-refractivity contribution in [1.82, 2.24) is 30.6 Å². The number of nitrogens with zero attached hydrogens (tertiary/aromatic N) is 6. The molecule has 1 saturated carbocycles. The molecule has 0 spiro atoms. The molecular formula is C38H40ClFN8O5. The number of imide groups is 1. The van der Waals surface area contributed by atoms with E-state index in [4.69, 9.17) is 16.3 Å². The van der Waals surface area contributed by atoms with Crippen LogP contribution in [0, 0.1) is 28.0 Å². The topological polar surface area (TPSA) is 161 Å². The third kappa shape index (κ3) is 6.68. The summed E-state index contributed by atoms with van der Waals surface area (Å²) in [4.78, 5) is 56.0. The van der Waals surface area contributed by atoms with Crippen molar-refractivity contribution in [2.75, 3.05) is 31.1 Å². The Balaban J connectivity index is 0.921. The van der Waals surface area contributed by atoms with Crippen molar-refractivity contribution in [1.29, 1.82) is 5.26 Å². The van der Waals surface area contributed by atoms with Crippen LogP contribution in [0.5, 0.6) is 5.75 Å². The molecule has 3 fully saturated rings. The summed E-state index contributed by atoms with van der Waals surface area (Å²) < 4.78 is 21.6. The highest BCUT2D eigenvalue weighted by Crippen LogP contribution is 2.55. The van der Waals surface area contributed by atoms with E-state index in [-0.39, 0.29) is 54.6 Å². The highest BCUT2D eigenvalue weighted by molar-refractivity contribution is 6.31. The Morgan fingerprint density at radius 2 is 1.79 bits per heavy atom. The van der Waals surface area contributed by atoms with Gasteiger partial charge >= 0.3 is 0 Å². The Hall–Kier alpha value is -5.13. The lowest BCUT2D eigenvalue weighted by atomic mass is 9.49. The van der Waals surface area contributed by atoms with Crippen LogP contribution in [-0.2, 0) is 22.7 Å². The Labute approximate surface area is 311 Å². The smallest absolute Gasteiger partial charge is 0.272 e. The second-order valence-corrected chi connectivity index (χ2v) is 15.7. The molecule has 2 saturated heterocycles. The van der Waals surface area contributed by atoms with Gasteiger partial charge in [-0.2, -0.15) is 5.26 Å². The number of hydrogen-bond acceptors (Lipinski definition) is 10. The van der Waals surface area contributed by atoms with Crippen LogP contribution >= 0.6 is 11.6 Å². The van der Waals surface area contributed by atoms with Crippen LogP contribution in [0.3, 0.4) is 0 Å². The lowest BCUT2D eigenvalue weighted by molar-refractivity contribution is -0.164. The number of aromatic nitrogens is 2. The van der Waals surface area contributed by atoms with Crippen LogP contribution in [0.1, 0.15) is 78.1 Å². The van der Waals surface area contributed by atoms with E-state index >= 15 is 4.39 Å². The summed E-state index contributed by atoms with van der Waals surface area (Å²) in [5.41, 5.74) is 1.10. The van der Waals surface area contributed by atoms with Crippen LogP contribution in [0.2, 0.25) is 5.02 Å². The average Bonchev–Trinajstić information content (AvgIpc) is 3.43. The van der Waals surface area contributed by atoms with Crippen molar-refractivity contribution < 1.29 is 28.3 Å². The van der Waals surface area contributed by atoms with Gasteiger partial charge in [0.25, 0.3) is 11.8 Å². The van der Waals surface area contributed by atoms with Crippen molar-refractivity contribution in [2.24, 2.45) is 10.8 Å². The van der Waals surface area contributed by atoms with Crippen LogP contribution in [0.15, 0.2) is 42.5 Å². The number of ether oxygens (including phenoxy) is 1. The minimum atomic E-state index is -0.753. The van der Waals surface area contributed by atoms with Crippen molar-refractivity contribution in [3.05, 3.63) is 81.3 Å². The molecule has 53 heavy (non-hydrogen) atoms. The van der Waals surface area contributed by atoms with E-state index in [1.807, 2.05) is 33.8 Å². The van der Waals surface area contributed by atoms with Crippen molar-refractivity contribution in [3.8, 4) is 11.8 Å². The fourth-order valence-corrected chi connectivity index (χ4v) is 8.77. The van der Waals surface area contributed by atoms with Gasteiger partial charge in [-0.3, -0.25) is 29.4 Å². The first-order valence-electron chi connectivity index (χ1n) is 17.6. The van der Waals surface area contributed by atoms with Crippen molar-refractivity contribution >= 4 is 41.0 Å². The second-order valence-electron chi connectivity index (χ2n) is 15.3. The van der Waals surface area contributed by atoms with Gasteiger partial charge in [0.2, 0.25) is 11.8 Å². The molecule has 4 amide bonds. The number of carbonyl (C=O) groups is 4. The normalized spacial score (nSPS) is 23.5. The standard InChI is InChI=1S/C38H40ClFN8O5/c1-37(2)35(38(3,4)36(37)53-24-6-5-21(18-41)26(39)16-24)43-32(50)28-7-9-30(45-44-28)47-13-11-46(12-14-47)19-23-15-22-20-48(34(52)25(22)17-27(23)40)29-8-10-31(49)42-33(29)51/h5-7,9,15-17,29,35-36H,8,10-14,19-20H2,1-4H3,(H,43,50)(H,42,49,51). The molecule has 7 rings (SSSR count). The lowest BCUT2D eigenvalue weighted by Crippen LogP contribution is -2.74. The van der Waals surface area contributed by atoms with Crippen LogP contribution in [0.4, 0.5) is 10.2 Å². The summed E-state index contributed by atoms with van der Waals surface area (Å²) in [5, 5.41) is 23.5. The van der Waals surface area contributed by atoms with E-state index in [0.717, 1.165) is 0 Å². The first-order chi connectivity index (χ1) is 25.2. The Morgan fingerprint density at radius 1 is 1.06 bits per heavy atom. The third-order valence-electron chi connectivity index (χ3n) is 11.1. The van der Waals surface area contributed by atoms with Crippen LogP contribution in [0.25, 0.3) is 0 Å². The molecule has 3 aromatic rings. The Kier molecular flexibility index (Phi) is 9.36. The van der Waals surface area contributed by atoms with Crippen molar-refractivity contribution in [2.45, 2.75) is 71.8 Å². The maximum Gasteiger partial charge on any atom is 0.272 e. The molecule has 1 atom stereocenters. The second kappa shape index (κ2) is 13.7. The number of fused-ring (bicyclic) bond motifs is 1. The third-order valence-corrected chi connectivity index (χ3v) is 11.4. The molecule has 276 valence electrons. The molecule has 1 aliphatic carbocycles. The van der Waals surface area contributed by atoms with Gasteiger partial charge in [-0.05, 0) is 48.4 Å². The van der Waals surface area contributed by atoms with E-state index in [0.29, 0.717) is 66.0 Å². The van der Waals surface area contributed by atoms with Gasteiger partial charge in [0.1, 0.15) is 29.8 Å². The predicted octanol–water partition coefficient (Wildman–Crippen LogP) is 3.84. The minimum absolute atomic E-state index is 0.154. The number of hydrogen-bond donors (Lipinski definition) is 2. The molecule has 0 bridgehead atoms. The minimum Gasteiger partial charge on any atom is -0.489 e. The average molecular weight is 743 g/mol. The van der Waals surface area contributed by atoms with E-state index < -0.39 is 34.5 Å². The SMILES string of the molecule is CC1(C)C(NC(=O)c2ccc(N3CCN(Cc4cc5c(cc4F)C(=O)N(C4CCC(=O)NC4=O)C5)CC3)nn2)C(C)(C)C1Oc1ccc(C#N)c(Cl)c1. The quantitative estimate of drug-likeness (QED) is 0.325. The fraction of sp³-hybridized carbons (Fsp3) is 0.447. The Morgan fingerprint density at radius 3 is 2.43 bits per heavy atom. The first kappa shape index (κ1) is 36.2. The zero-order chi connectivity index (χ0) is 37.8. The van der Waals surface area contributed by atoms with Gasteiger partial charge in [-0.15, -0.1) is 10.2 Å². The summed E-state index contributed by atoms with van der Waals surface area (Å²) >= 11 is 6.22. The maximum absolute atomic E-state index is 15.2. The largest absolute Gasteiger partial charge is 0.489 e. The summed E-state index contributed by atoms with van der Waals surface area (Å²) in [6, 6.07) is 12.5. The number of piperazine rings is 1. The first-order valence-corrected chi connectivity index (χ1v) is 18.0. The monoisotopic (exact) mass is 742 g/mol. The van der Waals surface area contributed by atoms with E-state index in [1.54, 1.807) is 36.4 Å². The van der Waals surface area contributed by atoms with Gasteiger partial charge in [-0.1, -0.05) is 39.3 Å². The van der Waals surface area contributed by atoms with Crippen LogP contribution < -0.4 is 20.3 Å². The molecule has 3 aliphatic heterocycles. The van der Waals surface area contributed by atoms with Gasteiger partial charge in [0.05, 0.1) is 10.6 Å². The molecule has 13 nitrogen and oxygen atoms in total. The lowest BCUT2D eigenvalue weighted by Gasteiger charge is -2.63. The number of carbonyl (C=O) groups excluding carboxylic acids is 4. The molecule has 1 unspecified atom stereocenters. The molecule has 4 aliphatic rings. The van der Waals surface area contributed by atoms with Crippen molar-refractivity contribution in [3.63, 3.8) is 0 Å². The number of halogens is 2. The number of nitriles is 1. The summed E-state index contributed by atoms with van der Waals surface area (Å²) in [7, 11) is 0. The summed E-state index contributed by atoms with van der Waals surface area (Å²) in [6.45, 7) is 11.2. The van der Waals surface area contributed by atoms with E-state index in [9.17, 15) is 24.4 Å². The molecular weight excluding hydrogens is 703 g/mol. The maximum atomic E-state index is 15.2. The molecule has 2 N–H and O–H groups in total. The number of anilines is 1. The van der Waals surface area contributed by atoms with Gasteiger partial charge in [0, 0.05) is 79.8 Å². The zero-order valence-corrected chi connectivity index (χ0v) is 30.7. The zero-order valence-electron chi connectivity index (χ0n) is 29.9. The highest BCUT2D eigenvalue weighted by atomic mass is 35.5. The molecule has 15 heteroatoms. The number of piperidine rings is 1. The molecule has 0 radical (unpaired) electrons. The summed E-state index contributed by atoms with van der Waals surface area (Å²) in [6.07, 6.45) is 0.161. The van der Waals surface area contributed by atoms with Gasteiger partial charge in [-0.25, -0.2) is 4.39 Å². The van der Waals surface area contributed by atoms with E-state index in [1.165, 1.54) is 11.0 Å². The van der Waals surface area contributed by atoms with Gasteiger partial charge < -0.3 is 19.9 Å². The number of benzene rings is 2. The number of nitrogens with one attached hydrogen (secondary N) is 2. The van der Waals surface area contributed by atoms with E-state index in [2.05, 4.69) is 30.6 Å². The summed E-state index contributed by atoms with van der Waals surface area (Å²) in [5.74, 6) is -0.881. The molecule has 4 heterocycles. The fourth-order valence-electron chi connectivity index (χ4n) is 8.55. The molecule has 2 aromatic carbocycles. The Bertz CT molecular complexity index is 2030. The predicted molar refractivity (Wildman–Crippen MR) is 191 cm³/mol. The number of amides is 4. The highest BCUT2D eigenvalue weighted by Gasteiger charge is 2.64. The van der Waals surface area contributed by atoms with Crippen LogP contribution in [-0.4, -0.2) is 88.0 Å². The number of rotatable bonds is 8.